The highest BCUT2D eigenvalue weighted by Gasteiger charge is 2.23. The number of amides is 1. The van der Waals surface area contributed by atoms with E-state index in [1.54, 1.807) is 6.92 Å². The molecular formula is C11H22N4O. The minimum atomic E-state index is 0.0181. The van der Waals surface area contributed by atoms with Gasteiger partial charge in [-0.1, -0.05) is 13.8 Å². The fourth-order valence-corrected chi connectivity index (χ4v) is 1.75. The van der Waals surface area contributed by atoms with Crippen molar-refractivity contribution in [2.75, 3.05) is 19.6 Å². The summed E-state index contributed by atoms with van der Waals surface area (Å²) >= 11 is 0. The monoisotopic (exact) mass is 226 g/mol. The molecule has 16 heavy (non-hydrogen) atoms. The van der Waals surface area contributed by atoms with Crippen LogP contribution in [0.1, 0.15) is 27.2 Å². The maximum atomic E-state index is 10.9. The zero-order valence-corrected chi connectivity index (χ0v) is 10.4. The van der Waals surface area contributed by atoms with Crippen molar-refractivity contribution in [1.82, 2.24) is 10.2 Å². The van der Waals surface area contributed by atoms with Crippen LogP contribution in [0.2, 0.25) is 0 Å². The average Bonchev–Trinajstić information content (AvgIpc) is 2.61. The molecule has 3 N–H and O–H groups in total. The third-order valence-corrected chi connectivity index (χ3v) is 2.54. The molecule has 0 aromatic heterocycles. The SMILES string of the molecule is CC(=O)NC1CCN(C(N)=NCC(C)C)C1. The Kier molecular flexibility index (Phi) is 4.58. The molecule has 1 heterocycles. The number of carbonyl (C=O) groups is 1. The predicted octanol–water partition coefficient (Wildman–Crippen LogP) is 0.168. The van der Waals surface area contributed by atoms with E-state index in [0.717, 1.165) is 26.1 Å². The lowest BCUT2D eigenvalue weighted by Gasteiger charge is -2.17. The number of carbonyl (C=O) groups excluding carboxylic acids is 1. The number of nitrogens with zero attached hydrogens (tertiary/aromatic N) is 2. The Labute approximate surface area is 97.1 Å². The van der Waals surface area contributed by atoms with Gasteiger partial charge in [-0.3, -0.25) is 9.79 Å². The zero-order chi connectivity index (χ0) is 12.1. The molecule has 0 bridgehead atoms. The molecule has 5 nitrogen and oxygen atoms in total. The second-order valence-corrected chi connectivity index (χ2v) is 4.72. The number of aliphatic imine (C=N–C) groups is 1. The van der Waals surface area contributed by atoms with E-state index in [9.17, 15) is 4.79 Å². The molecule has 0 aliphatic carbocycles. The van der Waals surface area contributed by atoms with Crippen molar-refractivity contribution in [3.8, 4) is 0 Å². The number of nitrogens with one attached hydrogen (secondary N) is 1. The van der Waals surface area contributed by atoms with Crippen LogP contribution in [0.3, 0.4) is 0 Å². The number of guanidine groups is 1. The highest BCUT2D eigenvalue weighted by atomic mass is 16.1. The molecule has 1 rings (SSSR count). The summed E-state index contributed by atoms with van der Waals surface area (Å²) in [6, 6.07) is 0.213. The number of rotatable bonds is 3. The topological polar surface area (TPSA) is 70.7 Å². The van der Waals surface area contributed by atoms with Gasteiger partial charge in [0.1, 0.15) is 0 Å². The van der Waals surface area contributed by atoms with E-state index in [1.165, 1.54) is 0 Å². The van der Waals surface area contributed by atoms with Crippen LogP contribution in [-0.4, -0.2) is 42.4 Å². The van der Waals surface area contributed by atoms with E-state index < -0.39 is 0 Å². The van der Waals surface area contributed by atoms with E-state index in [-0.39, 0.29) is 11.9 Å². The summed E-state index contributed by atoms with van der Waals surface area (Å²) in [5.74, 6) is 1.14. The fourth-order valence-electron chi connectivity index (χ4n) is 1.75. The van der Waals surface area contributed by atoms with E-state index in [1.807, 2.05) is 4.90 Å². The molecule has 1 aliphatic heterocycles. The largest absolute Gasteiger partial charge is 0.370 e. The molecule has 1 unspecified atom stereocenters. The number of hydrogen-bond donors (Lipinski definition) is 2. The lowest BCUT2D eigenvalue weighted by atomic mass is 10.2. The summed E-state index contributed by atoms with van der Waals surface area (Å²) in [4.78, 5) is 17.3. The highest BCUT2D eigenvalue weighted by molar-refractivity contribution is 5.79. The van der Waals surface area contributed by atoms with Crippen LogP contribution in [0.15, 0.2) is 4.99 Å². The molecule has 5 heteroatoms. The van der Waals surface area contributed by atoms with Crippen LogP contribution in [-0.2, 0) is 4.79 Å². The summed E-state index contributed by atoms with van der Waals surface area (Å²) in [5.41, 5.74) is 5.88. The second kappa shape index (κ2) is 5.72. The summed E-state index contributed by atoms with van der Waals surface area (Å²) in [7, 11) is 0. The van der Waals surface area contributed by atoms with E-state index in [0.29, 0.717) is 11.9 Å². The van der Waals surface area contributed by atoms with Crippen molar-refractivity contribution in [2.24, 2.45) is 16.6 Å². The van der Waals surface area contributed by atoms with Crippen molar-refractivity contribution in [3.05, 3.63) is 0 Å². The summed E-state index contributed by atoms with van der Waals surface area (Å²) in [6.07, 6.45) is 0.942. The Morgan fingerprint density at radius 1 is 1.62 bits per heavy atom. The Morgan fingerprint density at radius 3 is 2.88 bits per heavy atom. The Morgan fingerprint density at radius 2 is 2.31 bits per heavy atom. The number of likely N-dealkylation sites (tertiary alicyclic amines) is 1. The number of hydrogen-bond acceptors (Lipinski definition) is 2. The lowest BCUT2D eigenvalue weighted by Crippen LogP contribution is -2.40. The van der Waals surface area contributed by atoms with Gasteiger partial charge in [0.25, 0.3) is 0 Å². The van der Waals surface area contributed by atoms with Crippen molar-refractivity contribution in [3.63, 3.8) is 0 Å². The van der Waals surface area contributed by atoms with Crippen molar-refractivity contribution >= 4 is 11.9 Å². The molecule has 1 aliphatic rings. The summed E-state index contributed by atoms with van der Waals surface area (Å²) in [5, 5.41) is 2.90. The lowest BCUT2D eigenvalue weighted by molar-refractivity contribution is -0.119. The van der Waals surface area contributed by atoms with Gasteiger partial charge in [-0.25, -0.2) is 0 Å². The normalized spacial score (nSPS) is 21.6. The van der Waals surface area contributed by atoms with E-state index in [2.05, 4.69) is 24.2 Å². The van der Waals surface area contributed by atoms with Crippen molar-refractivity contribution < 1.29 is 4.79 Å². The van der Waals surface area contributed by atoms with Gasteiger partial charge in [0.2, 0.25) is 5.91 Å². The van der Waals surface area contributed by atoms with Crippen molar-refractivity contribution in [2.45, 2.75) is 33.2 Å². The van der Waals surface area contributed by atoms with Crippen molar-refractivity contribution in [1.29, 1.82) is 0 Å². The Balaban J connectivity index is 2.40. The van der Waals surface area contributed by atoms with Gasteiger partial charge in [-0.05, 0) is 12.3 Å². The quantitative estimate of drug-likeness (QED) is 0.532. The molecular weight excluding hydrogens is 204 g/mol. The third-order valence-electron chi connectivity index (χ3n) is 2.54. The molecule has 1 saturated heterocycles. The first kappa shape index (κ1) is 12.8. The molecule has 1 amide bonds. The van der Waals surface area contributed by atoms with Crippen LogP contribution in [0.5, 0.6) is 0 Å². The third kappa shape index (κ3) is 4.08. The Hall–Kier alpha value is -1.26. The van der Waals surface area contributed by atoms with Gasteiger partial charge in [0.05, 0.1) is 0 Å². The van der Waals surface area contributed by atoms with Gasteiger partial charge in [-0.15, -0.1) is 0 Å². The molecule has 0 spiro atoms. The van der Waals surface area contributed by atoms with Gasteiger partial charge >= 0.3 is 0 Å². The highest BCUT2D eigenvalue weighted by Crippen LogP contribution is 2.08. The van der Waals surface area contributed by atoms with E-state index >= 15 is 0 Å². The Bertz CT molecular complexity index is 275. The number of nitrogens with two attached hydrogens (primary N) is 1. The first-order valence-electron chi connectivity index (χ1n) is 5.81. The standard InChI is InChI=1S/C11H22N4O/c1-8(2)6-13-11(12)15-5-4-10(7-15)14-9(3)16/h8,10H,4-7H2,1-3H3,(H2,12,13)(H,14,16). The van der Waals surface area contributed by atoms with Gasteiger partial charge in [0, 0.05) is 32.6 Å². The predicted molar refractivity (Wildman–Crippen MR) is 65.1 cm³/mol. The van der Waals surface area contributed by atoms with Crippen LogP contribution in [0, 0.1) is 5.92 Å². The maximum absolute atomic E-state index is 10.9. The first-order valence-corrected chi connectivity index (χ1v) is 5.81. The van der Waals surface area contributed by atoms with Crippen LogP contribution in [0.25, 0.3) is 0 Å². The zero-order valence-electron chi connectivity index (χ0n) is 10.4. The molecule has 0 aromatic rings. The van der Waals surface area contributed by atoms with Crippen LogP contribution >= 0.6 is 0 Å². The first-order chi connectivity index (χ1) is 7.49. The average molecular weight is 226 g/mol. The van der Waals surface area contributed by atoms with Crippen LogP contribution in [0.4, 0.5) is 0 Å². The molecule has 0 aromatic carbocycles. The molecule has 92 valence electrons. The molecule has 0 saturated carbocycles. The summed E-state index contributed by atoms with van der Waals surface area (Å²) in [6.45, 7) is 8.17. The molecule has 0 radical (unpaired) electrons. The van der Waals surface area contributed by atoms with E-state index in [4.69, 9.17) is 5.73 Å². The second-order valence-electron chi connectivity index (χ2n) is 4.72. The molecule has 1 fully saturated rings. The van der Waals surface area contributed by atoms with Crippen LogP contribution < -0.4 is 11.1 Å². The fraction of sp³-hybridized carbons (Fsp3) is 0.818. The van der Waals surface area contributed by atoms with Gasteiger partial charge < -0.3 is 16.0 Å². The maximum Gasteiger partial charge on any atom is 0.217 e. The smallest absolute Gasteiger partial charge is 0.217 e. The summed E-state index contributed by atoms with van der Waals surface area (Å²) < 4.78 is 0. The minimum Gasteiger partial charge on any atom is -0.370 e. The minimum absolute atomic E-state index is 0.0181. The van der Waals surface area contributed by atoms with Gasteiger partial charge in [0.15, 0.2) is 5.96 Å². The van der Waals surface area contributed by atoms with Gasteiger partial charge in [-0.2, -0.15) is 0 Å². The molecule has 1 atom stereocenters.